The lowest BCUT2D eigenvalue weighted by atomic mass is 10.2. The summed E-state index contributed by atoms with van der Waals surface area (Å²) < 4.78 is 0. The minimum atomic E-state index is 0.0161. The summed E-state index contributed by atoms with van der Waals surface area (Å²) in [6, 6.07) is 7.18. The lowest BCUT2D eigenvalue weighted by molar-refractivity contribution is 0.281. The molecule has 0 spiro atoms. The zero-order valence-electron chi connectivity index (χ0n) is 9.98. The Kier molecular flexibility index (Phi) is 6.65. The van der Waals surface area contributed by atoms with Crippen LogP contribution in [-0.2, 0) is 13.0 Å². The first-order valence-electron chi connectivity index (χ1n) is 5.47. The van der Waals surface area contributed by atoms with Gasteiger partial charge in [-0.05, 0) is 41.8 Å². The molecule has 3 nitrogen and oxygen atoms in total. The number of aliphatic hydroxyl groups excluding tert-OH is 1. The number of nitrogens with zero attached hydrogens (tertiary/aromatic N) is 2. The van der Waals surface area contributed by atoms with Crippen LogP contribution in [0.2, 0.25) is 10.3 Å². The maximum Gasteiger partial charge on any atom is 0.129 e. The molecule has 0 aliphatic carbocycles. The largest absolute Gasteiger partial charge is 0.392 e. The molecule has 0 saturated carbocycles. The zero-order valence-corrected chi connectivity index (χ0v) is 11.5. The van der Waals surface area contributed by atoms with Gasteiger partial charge in [-0.15, -0.1) is 0 Å². The molecule has 0 aromatic carbocycles. The summed E-state index contributed by atoms with van der Waals surface area (Å²) in [4.78, 5) is 7.60. The van der Waals surface area contributed by atoms with Gasteiger partial charge in [-0.3, -0.25) is 0 Å². The minimum absolute atomic E-state index is 0.0161. The lowest BCUT2D eigenvalue weighted by Crippen LogP contribution is -1.82. The van der Waals surface area contributed by atoms with E-state index >= 15 is 0 Å². The van der Waals surface area contributed by atoms with Crippen molar-refractivity contribution >= 4 is 23.2 Å². The third-order valence-electron chi connectivity index (χ3n) is 2.17. The van der Waals surface area contributed by atoms with Crippen molar-refractivity contribution in [1.29, 1.82) is 0 Å². The fraction of sp³-hybridized carbons (Fsp3) is 0.231. The molecule has 2 aromatic heterocycles. The van der Waals surface area contributed by atoms with Crippen molar-refractivity contribution in [2.45, 2.75) is 20.0 Å². The molecular formula is C13H14Cl2N2O. The van der Waals surface area contributed by atoms with Crippen LogP contribution in [0.25, 0.3) is 0 Å². The van der Waals surface area contributed by atoms with Crippen LogP contribution in [-0.4, -0.2) is 15.1 Å². The average Bonchev–Trinajstić information content (AvgIpc) is 2.39. The number of hydrogen-bond acceptors (Lipinski definition) is 3. The smallest absolute Gasteiger partial charge is 0.129 e. The lowest BCUT2D eigenvalue weighted by Gasteiger charge is -1.92. The minimum Gasteiger partial charge on any atom is -0.392 e. The van der Waals surface area contributed by atoms with Gasteiger partial charge in [0.15, 0.2) is 0 Å². The molecule has 1 N–H and O–H groups in total. The molecule has 96 valence electrons. The van der Waals surface area contributed by atoms with Crippen molar-refractivity contribution in [3.63, 3.8) is 0 Å². The Hall–Kier alpha value is -1.16. The molecule has 2 rings (SSSR count). The highest BCUT2D eigenvalue weighted by Gasteiger charge is 1.90. The van der Waals surface area contributed by atoms with Gasteiger partial charge in [0.1, 0.15) is 10.3 Å². The fourth-order valence-corrected chi connectivity index (χ4v) is 1.60. The number of aryl methyl sites for hydroxylation is 1. The summed E-state index contributed by atoms with van der Waals surface area (Å²) in [6.07, 6.45) is 4.30. The molecule has 2 aromatic rings. The molecule has 0 unspecified atom stereocenters. The van der Waals surface area contributed by atoms with E-state index in [2.05, 4.69) is 16.9 Å². The third kappa shape index (κ3) is 5.45. The van der Waals surface area contributed by atoms with E-state index in [1.807, 2.05) is 12.1 Å². The van der Waals surface area contributed by atoms with Gasteiger partial charge in [-0.2, -0.15) is 0 Å². The van der Waals surface area contributed by atoms with E-state index in [-0.39, 0.29) is 6.61 Å². The molecule has 0 bridgehead atoms. The van der Waals surface area contributed by atoms with Crippen molar-refractivity contribution in [1.82, 2.24) is 9.97 Å². The van der Waals surface area contributed by atoms with Gasteiger partial charge in [0, 0.05) is 12.4 Å². The van der Waals surface area contributed by atoms with E-state index in [1.54, 1.807) is 24.5 Å². The molecular weight excluding hydrogens is 271 g/mol. The molecule has 0 saturated heterocycles. The maximum atomic E-state index is 8.58. The van der Waals surface area contributed by atoms with Crippen molar-refractivity contribution in [2.75, 3.05) is 0 Å². The van der Waals surface area contributed by atoms with Crippen molar-refractivity contribution < 1.29 is 5.11 Å². The number of pyridine rings is 2. The Bertz CT molecular complexity index is 446. The SMILES string of the molecule is CCc1ccnc(Cl)c1.OCc1ccnc(Cl)c1. The van der Waals surface area contributed by atoms with E-state index in [9.17, 15) is 0 Å². The number of hydrogen-bond donors (Lipinski definition) is 1. The Morgan fingerprint density at radius 3 is 1.83 bits per heavy atom. The van der Waals surface area contributed by atoms with Gasteiger partial charge in [-0.25, -0.2) is 9.97 Å². The van der Waals surface area contributed by atoms with E-state index in [0.29, 0.717) is 10.3 Å². The van der Waals surface area contributed by atoms with E-state index in [1.165, 1.54) is 5.56 Å². The second-order valence-electron chi connectivity index (χ2n) is 3.49. The van der Waals surface area contributed by atoms with Crippen LogP contribution in [0.3, 0.4) is 0 Å². The number of rotatable bonds is 2. The predicted molar refractivity (Wildman–Crippen MR) is 73.8 cm³/mol. The number of aliphatic hydroxyl groups is 1. The second-order valence-corrected chi connectivity index (χ2v) is 4.26. The van der Waals surface area contributed by atoms with Gasteiger partial charge >= 0.3 is 0 Å². The molecule has 0 fully saturated rings. The molecule has 5 heteroatoms. The van der Waals surface area contributed by atoms with Gasteiger partial charge in [-0.1, -0.05) is 30.1 Å². The van der Waals surface area contributed by atoms with Gasteiger partial charge in [0.05, 0.1) is 6.61 Å². The van der Waals surface area contributed by atoms with Crippen LogP contribution >= 0.6 is 23.2 Å². The second kappa shape index (κ2) is 8.03. The van der Waals surface area contributed by atoms with Gasteiger partial charge in [0.2, 0.25) is 0 Å². The molecule has 0 radical (unpaired) electrons. The normalized spacial score (nSPS) is 9.56. The third-order valence-corrected chi connectivity index (χ3v) is 2.59. The summed E-state index contributed by atoms with van der Waals surface area (Å²) in [5.74, 6) is 0. The van der Waals surface area contributed by atoms with E-state index in [0.717, 1.165) is 12.0 Å². The molecule has 2 heterocycles. The first kappa shape index (κ1) is 14.9. The Balaban J connectivity index is 0.000000180. The molecule has 0 amide bonds. The summed E-state index contributed by atoms with van der Waals surface area (Å²) in [7, 11) is 0. The van der Waals surface area contributed by atoms with Crippen LogP contribution in [0, 0.1) is 0 Å². The first-order valence-corrected chi connectivity index (χ1v) is 6.23. The topological polar surface area (TPSA) is 46.0 Å². The highest BCUT2D eigenvalue weighted by atomic mass is 35.5. The Morgan fingerprint density at radius 2 is 1.50 bits per heavy atom. The van der Waals surface area contributed by atoms with Gasteiger partial charge in [0.25, 0.3) is 0 Å². The first-order chi connectivity index (χ1) is 8.65. The zero-order chi connectivity index (χ0) is 13.4. The van der Waals surface area contributed by atoms with Gasteiger partial charge < -0.3 is 5.11 Å². The number of aromatic nitrogens is 2. The summed E-state index contributed by atoms with van der Waals surface area (Å²) in [6.45, 7) is 2.11. The monoisotopic (exact) mass is 284 g/mol. The Morgan fingerprint density at radius 1 is 1.00 bits per heavy atom. The molecule has 0 atom stereocenters. The highest BCUT2D eigenvalue weighted by molar-refractivity contribution is 6.29. The standard InChI is InChI=1S/C7H8ClN.C6H6ClNO/c1-2-6-3-4-9-7(8)5-6;7-6-3-5(4-9)1-2-8-6/h3-5H,2H2,1H3;1-3,9H,4H2. The molecule has 18 heavy (non-hydrogen) atoms. The van der Waals surface area contributed by atoms with Crippen LogP contribution in [0.15, 0.2) is 36.7 Å². The van der Waals surface area contributed by atoms with Crippen molar-refractivity contribution in [3.8, 4) is 0 Å². The van der Waals surface area contributed by atoms with Crippen molar-refractivity contribution in [3.05, 3.63) is 58.1 Å². The predicted octanol–water partition coefficient (Wildman–Crippen LogP) is 3.52. The van der Waals surface area contributed by atoms with Crippen LogP contribution in [0.5, 0.6) is 0 Å². The highest BCUT2D eigenvalue weighted by Crippen LogP contribution is 2.06. The molecule has 0 aliphatic heterocycles. The summed E-state index contributed by atoms with van der Waals surface area (Å²) in [5, 5.41) is 9.57. The fourth-order valence-electron chi connectivity index (χ4n) is 1.20. The molecule has 0 aliphatic rings. The summed E-state index contributed by atoms with van der Waals surface area (Å²) in [5.41, 5.74) is 2.02. The van der Waals surface area contributed by atoms with E-state index in [4.69, 9.17) is 28.3 Å². The van der Waals surface area contributed by atoms with Crippen LogP contribution in [0.4, 0.5) is 0 Å². The Labute approximate surface area is 116 Å². The quantitative estimate of drug-likeness (QED) is 0.859. The maximum absolute atomic E-state index is 8.58. The van der Waals surface area contributed by atoms with Crippen LogP contribution in [0.1, 0.15) is 18.1 Å². The average molecular weight is 285 g/mol. The number of halogens is 2. The van der Waals surface area contributed by atoms with E-state index < -0.39 is 0 Å². The van der Waals surface area contributed by atoms with Crippen molar-refractivity contribution in [2.24, 2.45) is 0 Å². The summed E-state index contributed by atoms with van der Waals surface area (Å²) >= 11 is 11.1. The van der Waals surface area contributed by atoms with Crippen LogP contribution < -0.4 is 0 Å².